The zero-order valence-corrected chi connectivity index (χ0v) is 48.9. The van der Waals surface area contributed by atoms with Crippen LogP contribution in [0.5, 0.6) is 0 Å². The molecule has 0 aromatic heterocycles. The van der Waals surface area contributed by atoms with Crippen LogP contribution in [0.25, 0.3) is 0 Å². The van der Waals surface area contributed by atoms with E-state index in [1.807, 2.05) is 21.1 Å². The average Bonchev–Trinajstić information content (AvgIpc) is 3.32. The van der Waals surface area contributed by atoms with Crippen LogP contribution >= 0.6 is 7.82 Å². The summed E-state index contributed by atoms with van der Waals surface area (Å²) >= 11 is 0. The van der Waals surface area contributed by atoms with E-state index < -0.39 is 13.9 Å². The molecule has 70 heavy (non-hydrogen) atoms. The lowest BCUT2D eigenvalue weighted by atomic mass is 10.0. The van der Waals surface area contributed by atoms with Crippen molar-refractivity contribution in [1.82, 2.24) is 0 Å². The summed E-state index contributed by atoms with van der Waals surface area (Å²) in [6.45, 7) is 5.73. The van der Waals surface area contributed by atoms with E-state index in [0.717, 1.165) is 32.1 Å². The van der Waals surface area contributed by atoms with Gasteiger partial charge in [-0.05, 0) is 12.8 Å². The monoisotopic (exact) mass is 1010 g/mol. The van der Waals surface area contributed by atoms with Crippen LogP contribution in [0, 0.1) is 0 Å². The van der Waals surface area contributed by atoms with Crippen LogP contribution in [0.3, 0.4) is 0 Å². The lowest BCUT2D eigenvalue weighted by Gasteiger charge is -2.24. The molecule has 2 atom stereocenters. The van der Waals surface area contributed by atoms with Crippen LogP contribution in [-0.4, -0.2) is 75.6 Å². The zero-order chi connectivity index (χ0) is 51.2. The molecule has 0 saturated heterocycles. The maximum atomic E-state index is 12.8. The summed E-state index contributed by atoms with van der Waals surface area (Å²) in [6, 6.07) is 0. The third-order valence-corrected chi connectivity index (χ3v) is 15.4. The van der Waals surface area contributed by atoms with Gasteiger partial charge in [-0.2, -0.15) is 0 Å². The molecule has 0 aromatic carbocycles. The molecule has 0 fully saturated rings. The summed E-state index contributed by atoms with van der Waals surface area (Å²) in [5.41, 5.74) is 0. The molecular weight excluding hydrogens is 890 g/mol. The zero-order valence-electron chi connectivity index (χ0n) is 48.1. The number of carbonyl (C=O) groups is 1. The molecule has 2 unspecified atom stereocenters. The summed E-state index contributed by atoms with van der Waals surface area (Å²) in [5.74, 6) is -0.301. The van der Waals surface area contributed by atoms with E-state index in [1.54, 1.807) is 0 Å². The molecule has 0 heterocycles. The first-order valence-corrected chi connectivity index (χ1v) is 32.8. The molecule has 0 aliphatic carbocycles. The van der Waals surface area contributed by atoms with Crippen molar-refractivity contribution in [2.75, 3.05) is 54.1 Å². The van der Waals surface area contributed by atoms with Gasteiger partial charge in [0.2, 0.25) is 0 Å². The number of carbonyl (C=O) groups excluding carboxylic acids is 1. The predicted molar refractivity (Wildman–Crippen MR) is 303 cm³/mol. The second kappa shape index (κ2) is 54.8. The maximum Gasteiger partial charge on any atom is 0.472 e. The molecule has 0 saturated carbocycles. The molecule has 0 aromatic rings. The molecule has 0 amide bonds. The normalized spacial score (nSPS) is 13.3. The van der Waals surface area contributed by atoms with Crippen molar-refractivity contribution in [3.05, 3.63) is 0 Å². The van der Waals surface area contributed by atoms with Crippen molar-refractivity contribution in [1.29, 1.82) is 0 Å². The van der Waals surface area contributed by atoms with Gasteiger partial charge in [-0.3, -0.25) is 13.8 Å². The Balaban J connectivity index is 3.96. The third kappa shape index (κ3) is 58.4. The van der Waals surface area contributed by atoms with Gasteiger partial charge >= 0.3 is 13.8 Å². The van der Waals surface area contributed by atoms with Gasteiger partial charge in [0.1, 0.15) is 19.3 Å². The Morgan fingerprint density at radius 3 is 0.943 bits per heavy atom. The highest BCUT2D eigenvalue weighted by molar-refractivity contribution is 7.47. The van der Waals surface area contributed by atoms with Crippen molar-refractivity contribution < 1.29 is 37.3 Å². The van der Waals surface area contributed by atoms with Crippen LogP contribution in [0.4, 0.5) is 0 Å². The Hall–Kier alpha value is -0.500. The van der Waals surface area contributed by atoms with Gasteiger partial charge in [-0.1, -0.05) is 309 Å². The first kappa shape index (κ1) is 69.5. The van der Waals surface area contributed by atoms with Crippen molar-refractivity contribution >= 4 is 13.8 Å². The minimum Gasteiger partial charge on any atom is -0.457 e. The molecule has 420 valence electrons. The lowest BCUT2D eigenvalue weighted by molar-refractivity contribution is -0.870. The Labute approximate surface area is 438 Å². The largest absolute Gasteiger partial charge is 0.472 e. The van der Waals surface area contributed by atoms with Gasteiger partial charge < -0.3 is 18.9 Å². The van der Waals surface area contributed by atoms with Crippen LogP contribution in [0.15, 0.2) is 0 Å². The molecular formula is C61H125NO7P+. The highest BCUT2D eigenvalue weighted by atomic mass is 31.2. The first-order valence-electron chi connectivity index (χ1n) is 31.3. The van der Waals surface area contributed by atoms with Crippen molar-refractivity contribution in [3.63, 3.8) is 0 Å². The number of hydrogen-bond acceptors (Lipinski definition) is 6. The van der Waals surface area contributed by atoms with Gasteiger partial charge in [0.25, 0.3) is 0 Å². The Bertz CT molecular complexity index is 1090. The molecule has 0 spiro atoms. The lowest BCUT2D eigenvalue weighted by Crippen LogP contribution is -2.37. The minimum atomic E-state index is -4.28. The van der Waals surface area contributed by atoms with Crippen LogP contribution in [-0.2, 0) is 27.9 Å². The van der Waals surface area contributed by atoms with E-state index in [4.69, 9.17) is 18.5 Å². The number of nitrogens with zero attached hydrogens (tertiary/aromatic N) is 1. The maximum absolute atomic E-state index is 12.8. The fourth-order valence-electron chi connectivity index (χ4n) is 9.62. The van der Waals surface area contributed by atoms with E-state index in [-0.39, 0.29) is 25.8 Å². The number of likely N-dealkylation sites (N-methyl/N-ethyl adjacent to an activating group) is 1. The van der Waals surface area contributed by atoms with Crippen LogP contribution < -0.4 is 0 Å². The van der Waals surface area contributed by atoms with E-state index in [2.05, 4.69) is 13.8 Å². The average molecular weight is 1020 g/mol. The summed E-state index contributed by atoms with van der Waals surface area (Å²) in [5, 5.41) is 0. The van der Waals surface area contributed by atoms with Gasteiger partial charge in [0.05, 0.1) is 34.4 Å². The molecule has 8 nitrogen and oxygen atoms in total. The van der Waals surface area contributed by atoms with Crippen LogP contribution in [0.2, 0.25) is 0 Å². The molecule has 0 aliphatic rings. The number of quaternary nitrogens is 1. The fourth-order valence-corrected chi connectivity index (χ4v) is 10.4. The van der Waals surface area contributed by atoms with E-state index in [1.165, 1.54) is 276 Å². The molecule has 9 heteroatoms. The molecule has 0 bridgehead atoms. The number of rotatable bonds is 60. The first-order chi connectivity index (χ1) is 34.1. The quantitative estimate of drug-likeness (QED) is 0.0281. The Morgan fingerprint density at radius 1 is 0.386 bits per heavy atom. The van der Waals surface area contributed by atoms with Gasteiger partial charge in [0, 0.05) is 13.0 Å². The highest BCUT2D eigenvalue weighted by Gasteiger charge is 2.26. The Morgan fingerprint density at radius 2 is 0.657 bits per heavy atom. The minimum absolute atomic E-state index is 0.0946. The van der Waals surface area contributed by atoms with Gasteiger partial charge in [-0.25, -0.2) is 4.57 Å². The number of unbranched alkanes of at least 4 members (excludes halogenated alkanes) is 46. The summed E-state index contributed by atoms with van der Waals surface area (Å²) in [7, 11) is 1.70. The van der Waals surface area contributed by atoms with E-state index >= 15 is 0 Å². The van der Waals surface area contributed by atoms with E-state index in [9.17, 15) is 14.3 Å². The Kier molecular flexibility index (Phi) is 54.4. The molecule has 0 aliphatic heterocycles. The van der Waals surface area contributed by atoms with Gasteiger partial charge in [-0.15, -0.1) is 0 Å². The SMILES string of the molecule is CCCCCCCCCCCCCCCCCCCCCCCCCCOCC(COP(=O)(O)OCC[N+](C)(C)C)OC(=O)CCCCCCCCCCCCCCCCCCCCCCCCCC. The summed E-state index contributed by atoms with van der Waals surface area (Å²) in [6.07, 6.45) is 64.7. The second-order valence-corrected chi connectivity index (χ2v) is 24.3. The molecule has 0 rings (SSSR count). The van der Waals surface area contributed by atoms with Crippen LogP contribution in [0.1, 0.15) is 328 Å². The second-order valence-electron chi connectivity index (χ2n) is 22.8. The number of phosphoric acid groups is 1. The number of hydrogen-bond donors (Lipinski definition) is 1. The third-order valence-electron chi connectivity index (χ3n) is 14.4. The topological polar surface area (TPSA) is 91.3 Å². The van der Waals surface area contributed by atoms with Crippen molar-refractivity contribution in [2.24, 2.45) is 0 Å². The summed E-state index contributed by atoms with van der Waals surface area (Å²) < 4.78 is 35.4. The smallest absolute Gasteiger partial charge is 0.457 e. The number of esters is 1. The predicted octanol–water partition coefficient (Wildman–Crippen LogP) is 19.9. The number of ether oxygens (including phenoxy) is 2. The van der Waals surface area contributed by atoms with Crippen molar-refractivity contribution in [2.45, 2.75) is 335 Å². The number of phosphoric ester groups is 1. The molecule has 0 radical (unpaired) electrons. The standard InChI is InChI=1S/C61H124NO7P/c1-6-8-10-12-14-16-18-20-22-24-26-28-30-32-34-36-38-40-42-44-46-48-50-52-54-61(63)69-60(59-68-70(64,65)67-57-55-62(3,4)5)58-66-56-53-51-49-47-45-43-41-39-37-35-33-31-29-27-25-23-21-19-17-15-13-11-9-7-2/h60H,6-59H2,1-5H3/p+1. The molecule has 1 N–H and O–H groups in total. The summed E-state index contributed by atoms with van der Waals surface area (Å²) in [4.78, 5) is 23.1. The van der Waals surface area contributed by atoms with Gasteiger partial charge in [0.15, 0.2) is 0 Å². The van der Waals surface area contributed by atoms with Crippen molar-refractivity contribution in [3.8, 4) is 0 Å². The highest BCUT2D eigenvalue weighted by Crippen LogP contribution is 2.43. The fraction of sp³-hybridized carbons (Fsp3) is 0.984. The van der Waals surface area contributed by atoms with E-state index in [0.29, 0.717) is 24.1 Å².